The summed E-state index contributed by atoms with van der Waals surface area (Å²) in [7, 11) is -6.71. The smallest absolute Gasteiger partial charge is 0.273 e. The molecule has 1 aromatic carbocycles. The summed E-state index contributed by atoms with van der Waals surface area (Å²) in [5, 5.41) is 0. The number of aromatic nitrogens is 1. The minimum absolute atomic E-state index is 0.0464. The topological polar surface area (TPSA) is 102 Å². The average molecular weight is 362 g/mol. The monoisotopic (exact) mass is 362 g/mol. The molecular formula is C12H14N2O5S3. The normalized spacial score (nSPS) is 12.0. The molecule has 1 heterocycles. The Balaban J connectivity index is 1.98. The van der Waals surface area contributed by atoms with Gasteiger partial charge in [-0.3, -0.25) is 9.71 Å². The molecule has 0 spiro atoms. The summed E-state index contributed by atoms with van der Waals surface area (Å²) in [6.45, 7) is 0.0464. The molecule has 0 atom stereocenters. The average Bonchev–Trinajstić information content (AvgIpc) is 2.94. The largest absolute Gasteiger partial charge is 0.493 e. The molecule has 22 heavy (non-hydrogen) atoms. The maximum atomic E-state index is 12.0. The third kappa shape index (κ3) is 4.97. The van der Waals surface area contributed by atoms with E-state index in [4.69, 9.17) is 4.74 Å². The Morgan fingerprint density at radius 3 is 2.41 bits per heavy atom. The predicted molar refractivity (Wildman–Crippen MR) is 84.6 cm³/mol. The van der Waals surface area contributed by atoms with Crippen molar-refractivity contribution >= 4 is 36.9 Å². The van der Waals surface area contributed by atoms with E-state index in [1.165, 1.54) is 23.8 Å². The van der Waals surface area contributed by atoms with E-state index in [9.17, 15) is 16.8 Å². The maximum absolute atomic E-state index is 12.0. The molecule has 0 aliphatic heterocycles. The molecule has 2 rings (SSSR count). The number of anilines is 1. The number of hydrogen-bond donors (Lipinski definition) is 1. The third-order valence-electron chi connectivity index (χ3n) is 2.50. The van der Waals surface area contributed by atoms with Crippen LogP contribution in [0.25, 0.3) is 0 Å². The highest BCUT2D eigenvalue weighted by molar-refractivity contribution is 7.94. The molecule has 0 saturated carbocycles. The van der Waals surface area contributed by atoms with Gasteiger partial charge in [0.15, 0.2) is 14.0 Å². The van der Waals surface area contributed by atoms with Crippen molar-refractivity contribution in [2.75, 3.05) is 23.3 Å². The second-order valence-electron chi connectivity index (χ2n) is 4.43. The van der Waals surface area contributed by atoms with Gasteiger partial charge in [0.05, 0.1) is 17.5 Å². The van der Waals surface area contributed by atoms with Crippen LogP contribution in [0.1, 0.15) is 0 Å². The fourth-order valence-electron chi connectivity index (χ4n) is 1.47. The van der Waals surface area contributed by atoms with Crippen molar-refractivity contribution in [3.05, 3.63) is 36.0 Å². The molecule has 0 unspecified atom stereocenters. The van der Waals surface area contributed by atoms with E-state index in [1.54, 1.807) is 12.1 Å². The Morgan fingerprint density at radius 1 is 1.18 bits per heavy atom. The van der Waals surface area contributed by atoms with Gasteiger partial charge in [-0.2, -0.15) is 0 Å². The number of rotatable bonds is 7. The number of hydrogen-bond acceptors (Lipinski definition) is 7. The molecule has 7 nitrogen and oxygen atoms in total. The summed E-state index contributed by atoms with van der Waals surface area (Å²) < 4.78 is 53.8. The van der Waals surface area contributed by atoms with E-state index >= 15 is 0 Å². The van der Waals surface area contributed by atoms with Crippen molar-refractivity contribution < 1.29 is 21.6 Å². The molecule has 120 valence electrons. The first kappa shape index (κ1) is 16.7. The third-order valence-corrected chi connectivity index (χ3v) is 6.06. The molecule has 1 aromatic heterocycles. The van der Waals surface area contributed by atoms with Crippen molar-refractivity contribution in [1.82, 2.24) is 4.98 Å². The fourth-order valence-corrected chi connectivity index (χ4v) is 3.71. The summed E-state index contributed by atoms with van der Waals surface area (Å²) in [6, 6.07) is 6.20. The lowest BCUT2D eigenvalue weighted by molar-refractivity contribution is 0.341. The van der Waals surface area contributed by atoms with Crippen LogP contribution in [-0.2, 0) is 19.9 Å². The predicted octanol–water partition coefficient (Wildman–Crippen LogP) is 1.37. The minimum atomic E-state index is -3.63. The van der Waals surface area contributed by atoms with E-state index in [2.05, 4.69) is 9.71 Å². The van der Waals surface area contributed by atoms with Crippen LogP contribution < -0.4 is 9.46 Å². The Kier molecular flexibility index (Phi) is 5.04. The van der Waals surface area contributed by atoms with Gasteiger partial charge >= 0.3 is 0 Å². The molecular weight excluding hydrogens is 348 g/mol. The molecule has 0 saturated heterocycles. The van der Waals surface area contributed by atoms with E-state index in [0.717, 1.165) is 17.6 Å². The second kappa shape index (κ2) is 6.63. The first-order chi connectivity index (χ1) is 10.3. The van der Waals surface area contributed by atoms with Crippen molar-refractivity contribution in [2.24, 2.45) is 0 Å². The van der Waals surface area contributed by atoms with Crippen LogP contribution in [0.4, 0.5) is 5.69 Å². The molecule has 0 radical (unpaired) electrons. The highest BCUT2D eigenvalue weighted by Gasteiger charge is 2.15. The zero-order valence-corrected chi connectivity index (χ0v) is 14.0. The molecule has 10 heteroatoms. The summed E-state index contributed by atoms with van der Waals surface area (Å²) >= 11 is 1.02. The number of benzene rings is 1. The van der Waals surface area contributed by atoms with Crippen LogP contribution in [0.3, 0.4) is 0 Å². The van der Waals surface area contributed by atoms with E-state index in [0.29, 0.717) is 11.4 Å². The Hall–Kier alpha value is -1.65. The van der Waals surface area contributed by atoms with Gasteiger partial charge in [0.25, 0.3) is 10.0 Å². The Labute approximate surface area is 132 Å². The molecule has 0 aliphatic carbocycles. The summed E-state index contributed by atoms with van der Waals surface area (Å²) in [6.07, 6.45) is 2.41. The van der Waals surface area contributed by atoms with Gasteiger partial charge in [-0.25, -0.2) is 16.8 Å². The molecule has 1 N–H and O–H groups in total. The van der Waals surface area contributed by atoms with Gasteiger partial charge in [-0.15, -0.1) is 11.3 Å². The number of sulfone groups is 1. The highest BCUT2D eigenvalue weighted by Crippen LogP contribution is 2.21. The lowest BCUT2D eigenvalue weighted by Gasteiger charge is -2.08. The zero-order valence-electron chi connectivity index (χ0n) is 11.6. The second-order valence-corrected chi connectivity index (χ2v) is 9.48. The molecule has 0 fully saturated rings. The number of thiazole rings is 1. The van der Waals surface area contributed by atoms with E-state index in [-0.39, 0.29) is 16.6 Å². The van der Waals surface area contributed by atoms with Crippen LogP contribution in [-0.4, -0.2) is 40.4 Å². The quantitative estimate of drug-likeness (QED) is 0.798. The lowest BCUT2D eigenvalue weighted by Crippen LogP contribution is -2.12. The van der Waals surface area contributed by atoms with Crippen LogP contribution in [0, 0.1) is 0 Å². The number of ether oxygens (including phenoxy) is 1. The van der Waals surface area contributed by atoms with Crippen LogP contribution in [0.2, 0.25) is 0 Å². The number of sulfonamides is 1. The first-order valence-corrected chi connectivity index (χ1v) is 10.5. The van der Waals surface area contributed by atoms with Crippen LogP contribution in [0.15, 0.2) is 40.2 Å². The first-order valence-electron chi connectivity index (χ1n) is 6.08. The number of nitrogens with zero attached hydrogens (tertiary/aromatic N) is 1. The molecule has 2 aromatic rings. The standard InChI is InChI=1S/C12H14N2O5S3/c1-21(15,16)7-6-19-11-4-2-10(3-5-11)14-22(17,18)12-8-13-9-20-12/h2-5,8-9,14H,6-7H2,1H3. The highest BCUT2D eigenvalue weighted by atomic mass is 32.2. The number of nitrogens with one attached hydrogen (secondary N) is 1. The Bertz CT molecular complexity index is 812. The lowest BCUT2D eigenvalue weighted by atomic mass is 10.3. The van der Waals surface area contributed by atoms with Crippen molar-refractivity contribution in [1.29, 1.82) is 0 Å². The fraction of sp³-hybridized carbons (Fsp3) is 0.250. The molecule has 0 bridgehead atoms. The van der Waals surface area contributed by atoms with Crippen molar-refractivity contribution in [3.8, 4) is 5.75 Å². The Morgan fingerprint density at radius 2 is 1.86 bits per heavy atom. The summed E-state index contributed by atoms with van der Waals surface area (Å²) in [5.41, 5.74) is 1.82. The van der Waals surface area contributed by atoms with Crippen molar-refractivity contribution in [3.63, 3.8) is 0 Å². The van der Waals surface area contributed by atoms with Gasteiger partial charge in [0.1, 0.15) is 12.4 Å². The minimum Gasteiger partial charge on any atom is -0.493 e. The SMILES string of the molecule is CS(=O)(=O)CCOc1ccc(NS(=O)(=O)c2cncs2)cc1. The van der Waals surface area contributed by atoms with Gasteiger partial charge in [-0.1, -0.05) is 0 Å². The maximum Gasteiger partial charge on any atom is 0.273 e. The van der Waals surface area contributed by atoms with Gasteiger partial charge in [0.2, 0.25) is 0 Å². The zero-order chi connectivity index (χ0) is 16.2. The van der Waals surface area contributed by atoms with E-state index in [1.807, 2.05) is 0 Å². The van der Waals surface area contributed by atoms with Gasteiger partial charge in [0, 0.05) is 11.9 Å². The van der Waals surface area contributed by atoms with Crippen molar-refractivity contribution in [2.45, 2.75) is 4.21 Å². The molecule has 0 amide bonds. The van der Waals surface area contributed by atoms with E-state index < -0.39 is 19.9 Å². The summed E-state index contributed by atoms with van der Waals surface area (Å²) in [4.78, 5) is 3.73. The van der Waals surface area contributed by atoms with Crippen LogP contribution in [0.5, 0.6) is 5.75 Å². The van der Waals surface area contributed by atoms with Gasteiger partial charge < -0.3 is 4.74 Å². The van der Waals surface area contributed by atoms with Gasteiger partial charge in [-0.05, 0) is 24.3 Å². The molecule has 0 aliphatic rings. The summed E-state index contributed by atoms with van der Waals surface area (Å²) in [5.74, 6) is 0.386. The van der Waals surface area contributed by atoms with Crippen LogP contribution >= 0.6 is 11.3 Å².